The van der Waals surface area contributed by atoms with Gasteiger partial charge in [-0.3, -0.25) is 9.59 Å². The number of nitrogens with one attached hydrogen (secondary N) is 3. The van der Waals surface area contributed by atoms with Gasteiger partial charge in [0.05, 0.1) is 22.7 Å². The van der Waals surface area contributed by atoms with Gasteiger partial charge in [-0.2, -0.15) is 5.26 Å². The predicted molar refractivity (Wildman–Crippen MR) is 113 cm³/mol. The number of nitrogens with zero attached hydrogens (tertiary/aromatic N) is 2. The van der Waals surface area contributed by atoms with Crippen LogP contribution in [0.3, 0.4) is 0 Å². The summed E-state index contributed by atoms with van der Waals surface area (Å²) in [6.45, 7) is 0. The average Bonchev–Trinajstić information content (AvgIpc) is 3.67. The summed E-state index contributed by atoms with van der Waals surface area (Å²) in [5, 5.41) is 16.0. The molecular weight excluding hydrogens is 378 g/mol. The number of fused-ring (bicyclic) bond motifs is 1. The Morgan fingerprint density at radius 2 is 2.07 bits per heavy atom. The predicted octanol–water partition coefficient (Wildman–Crippen LogP) is 4.21. The van der Waals surface area contributed by atoms with Gasteiger partial charge in [-0.15, -0.1) is 0 Å². The van der Waals surface area contributed by atoms with Crippen molar-refractivity contribution >= 4 is 34.2 Å². The van der Waals surface area contributed by atoms with E-state index in [2.05, 4.69) is 26.7 Å². The van der Waals surface area contributed by atoms with E-state index in [0.717, 1.165) is 47.7 Å². The van der Waals surface area contributed by atoms with Crippen LogP contribution in [0.5, 0.6) is 0 Å². The van der Waals surface area contributed by atoms with Crippen molar-refractivity contribution in [2.24, 2.45) is 11.3 Å². The Kier molecular flexibility index (Phi) is 4.28. The lowest BCUT2D eigenvalue weighted by molar-refractivity contribution is -0.118. The molecule has 3 aromatic rings. The van der Waals surface area contributed by atoms with Crippen molar-refractivity contribution in [2.75, 3.05) is 10.6 Å². The van der Waals surface area contributed by atoms with Gasteiger partial charge in [0, 0.05) is 35.7 Å². The van der Waals surface area contributed by atoms with Gasteiger partial charge in [-0.25, -0.2) is 4.98 Å². The van der Waals surface area contributed by atoms with E-state index in [1.807, 2.05) is 36.5 Å². The molecule has 2 aromatic heterocycles. The molecule has 2 heterocycles. The number of aromatic amines is 1. The zero-order chi connectivity index (χ0) is 20.7. The van der Waals surface area contributed by atoms with E-state index in [1.54, 1.807) is 6.20 Å². The number of benzene rings is 1. The molecule has 2 aliphatic carbocycles. The largest absolute Gasteiger partial charge is 0.359 e. The van der Waals surface area contributed by atoms with Crippen molar-refractivity contribution in [1.82, 2.24) is 9.97 Å². The van der Waals surface area contributed by atoms with Crippen LogP contribution in [0.1, 0.15) is 32.1 Å². The number of pyridine rings is 1. The van der Waals surface area contributed by atoms with E-state index in [0.29, 0.717) is 11.5 Å². The fraction of sp³-hybridized carbons (Fsp3) is 0.304. The van der Waals surface area contributed by atoms with Gasteiger partial charge in [0.25, 0.3) is 0 Å². The normalized spacial score (nSPS) is 16.6. The molecule has 3 N–H and O–H groups in total. The Balaban J connectivity index is 1.40. The molecule has 0 atom stereocenters. The Labute approximate surface area is 173 Å². The molecule has 7 nitrogen and oxygen atoms in total. The number of hydrogen-bond donors (Lipinski definition) is 3. The smallest absolute Gasteiger partial charge is 0.228 e. The number of carbonyl (C=O) groups excluding carboxylic acids is 2. The minimum Gasteiger partial charge on any atom is -0.359 e. The molecule has 2 amide bonds. The van der Waals surface area contributed by atoms with Gasteiger partial charge < -0.3 is 15.6 Å². The minimum absolute atomic E-state index is 0.0226. The van der Waals surface area contributed by atoms with Crippen LogP contribution in [0.4, 0.5) is 11.5 Å². The third-order valence-corrected chi connectivity index (χ3v) is 5.85. The lowest BCUT2D eigenvalue weighted by Crippen LogP contribution is -2.16. The number of nitriles is 1. The van der Waals surface area contributed by atoms with Gasteiger partial charge in [-0.05, 0) is 49.4 Å². The van der Waals surface area contributed by atoms with E-state index < -0.39 is 5.41 Å². The molecule has 0 aliphatic heterocycles. The first-order valence-corrected chi connectivity index (χ1v) is 10.2. The van der Waals surface area contributed by atoms with Crippen LogP contribution in [0, 0.1) is 22.7 Å². The minimum atomic E-state index is -0.475. The lowest BCUT2D eigenvalue weighted by atomic mass is 10.0. The molecule has 0 saturated heterocycles. The first-order chi connectivity index (χ1) is 14.6. The maximum Gasteiger partial charge on any atom is 0.228 e. The number of carbonyl (C=O) groups is 2. The molecule has 0 unspecified atom stereocenters. The van der Waals surface area contributed by atoms with Crippen LogP contribution in [0.2, 0.25) is 0 Å². The Morgan fingerprint density at radius 1 is 1.23 bits per heavy atom. The van der Waals surface area contributed by atoms with E-state index >= 15 is 0 Å². The molecule has 0 bridgehead atoms. The van der Waals surface area contributed by atoms with Crippen LogP contribution >= 0.6 is 0 Å². The molecule has 2 fully saturated rings. The number of rotatable bonds is 6. The zero-order valence-electron chi connectivity index (χ0n) is 16.4. The highest BCUT2D eigenvalue weighted by atomic mass is 16.2. The summed E-state index contributed by atoms with van der Waals surface area (Å²) < 4.78 is 0. The topological polar surface area (TPSA) is 111 Å². The Morgan fingerprint density at radius 3 is 2.80 bits per heavy atom. The molecule has 2 saturated carbocycles. The van der Waals surface area contributed by atoms with Crippen molar-refractivity contribution in [2.45, 2.75) is 32.1 Å². The highest BCUT2D eigenvalue weighted by molar-refractivity contribution is 6.06. The second-order valence-electron chi connectivity index (χ2n) is 8.24. The molecule has 0 radical (unpaired) electrons. The average molecular weight is 399 g/mol. The van der Waals surface area contributed by atoms with Crippen molar-refractivity contribution in [3.05, 3.63) is 42.7 Å². The van der Waals surface area contributed by atoms with Crippen LogP contribution in [-0.2, 0) is 9.59 Å². The first kappa shape index (κ1) is 18.4. The summed E-state index contributed by atoms with van der Waals surface area (Å²) in [6.07, 6.45) is 7.25. The van der Waals surface area contributed by atoms with Crippen molar-refractivity contribution in [1.29, 1.82) is 5.26 Å². The fourth-order valence-corrected chi connectivity index (χ4v) is 3.72. The zero-order valence-corrected chi connectivity index (χ0v) is 16.4. The summed E-state index contributed by atoms with van der Waals surface area (Å²) in [5.41, 5.74) is 2.92. The highest BCUT2D eigenvalue weighted by Crippen LogP contribution is 2.48. The fourth-order valence-electron chi connectivity index (χ4n) is 3.72. The highest BCUT2D eigenvalue weighted by Gasteiger charge is 2.44. The SMILES string of the molecule is N#CC1(CC(=O)Nc2cccc3c(-c4ccnc(NC(=O)C5CC5)c4)c[nH]c23)CC1. The summed E-state index contributed by atoms with van der Waals surface area (Å²) in [6, 6.07) is 11.7. The van der Waals surface area contributed by atoms with Gasteiger partial charge in [0.2, 0.25) is 11.8 Å². The number of anilines is 2. The molecule has 7 heteroatoms. The third-order valence-electron chi connectivity index (χ3n) is 5.85. The number of hydrogen-bond acceptors (Lipinski definition) is 4. The Hall–Kier alpha value is -3.66. The van der Waals surface area contributed by atoms with E-state index in [-0.39, 0.29) is 24.2 Å². The molecule has 5 rings (SSSR count). The van der Waals surface area contributed by atoms with E-state index in [9.17, 15) is 14.9 Å². The molecule has 1 aromatic carbocycles. The van der Waals surface area contributed by atoms with E-state index in [1.165, 1.54) is 0 Å². The number of H-pyrrole nitrogens is 1. The first-order valence-electron chi connectivity index (χ1n) is 10.2. The number of aromatic nitrogens is 2. The molecule has 0 spiro atoms. The molecule has 150 valence electrons. The maximum atomic E-state index is 12.4. The van der Waals surface area contributed by atoms with Crippen molar-refractivity contribution < 1.29 is 9.59 Å². The van der Waals surface area contributed by atoms with E-state index in [4.69, 9.17) is 0 Å². The second-order valence-corrected chi connectivity index (χ2v) is 8.24. The van der Waals surface area contributed by atoms with Crippen molar-refractivity contribution in [3.8, 4) is 17.2 Å². The monoisotopic (exact) mass is 399 g/mol. The number of para-hydroxylation sites is 1. The van der Waals surface area contributed by atoms with Gasteiger partial charge in [0.15, 0.2) is 0 Å². The Bertz CT molecular complexity index is 1200. The second kappa shape index (κ2) is 6.99. The summed E-state index contributed by atoms with van der Waals surface area (Å²) in [7, 11) is 0. The van der Waals surface area contributed by atoms with Crippen LogP contribution in [0.25, 0.3) is 22.0 Å². The summed E-state index contributed by atoms with van der Waals surface area (Å²) >= 11 is 0. The standard InChI is InChI=1S/C23H21N5O2/c24-13-23(7-8-23)11-20(29)27-18-3-1-2-16-17(12-26-21(16)18)15-6-9-25-19(10-15)28-22(30)14-4-5-14/h1-3,6,9-10,12,14,26H,4-5,7-8,11H2,(H,27,29)(H,25,28,30). The van der Waals surface area contributed by atoms with Gasteiger partial charge in [-0.1, -0.05) is 12.1 Å². The summed E-state index contributed by atoms with van der Waals surface area (Å²) in [4.78, 5) is 32.0. The number of amides is 2. The van der Waals surface area contributed by atoms with Crippen LogP contribution in [0.15, 0.2) is 42.7 Å². The quantitative estimate of drug-likeness (QED) is 0.576. The van der Waals surface area contributed by atoms with Crippen LogP contribution < -0.4 is 10.6 Å². The maximum absolute atomic E-state index is 12.4. The van der Waals surface area contributed by atoms with Gasteiger partial charge >= 0.3 is 0 Å². The molecule has 2 aliphatic rings. The van der Waals surface area contributed by atoms with Crippen molar-refractivity contribution in [3.63, 3.8) is 0 Å². The van der Waals surface area contributed by atoms with Gasteiger partial charge in [0.1, 0.15) is 5.82 Å². The molecular formula is C23H21N5O2. The summed E-state index contributed by atoms with van der Waals surface area (Å²) in [5.74, 6) is 0.529. The molecule has 30 heavy (non-hydrogen) atoms. The van der Waals surface area contributed by atoms with Crippen LogP contribution in [-0.4, -0.2) is 21.8 Å². The lowest BCUT2D eigenvalue weighted by Gasteiger charge is -2.09. The third kappa shape index (κ3) is 3.52.